The Morgan fingerprint density at radius 2 is 1.42 bits per heavy atom. The minimum atomic E-state index is -5.02. The van der Waals surface area contributed by atoms with E-state index in [2.05, 4.69) is 20.9 Å². The van der Waals surface area contributed by atoms with Crippen molar-refractivity contribution in [3.63, 3.8) is 0 Å². The van der Waals surface area contributed by atoms with Crippen LogP contribution in [0.5, 0.6) is 5.75 Å². The van der Waals surface area contributed by atoms with Crippen LogP contribution in [0.2, 0.25) is 0 Å². The Hall–Kier alpha value is -2.92. The van der Waals surface area contributed by atoms with Crippen molar-refractivity contribution in [2.24, 2.45) is 10.2 Å². The summed E-state index contributed by atoms with van der Waals surface area (Å²) in [6.45, 7) is 2.42. The number of phenols is 1. The van der Waals surface area contributed by atoms with Crippen molar-refractivity contribution in [1.29, 1.82) is 0 Å². The molecule has 0 aliphatic carbocycles. The third-order valence-corrected chi connectivity index (χ3v) is 6.16. The van der Waals surface area contributed by atoms with Gasteiger partial charge >= 0.3 is 0 Å². The number of carbonyl (C=O) groups is 2. The molecule has 16 heteroatoms. The molecule has 3 aromatic carbocycles. The van der Waals surface area contributed by atoms with Gasteiger partial charge in [0.25, 0.3) is 20.2 Å². The fraction of sp³-hybridized carbons (Fsp3) is 0.100. The number of nitrogens with one attached hydrogen (secondary N) is 2. The first-order valence-corrected chi connectivity index (χ1v) is 12.4. The largest absolute Gasteiger partial charge is 0.505 e. The summed E-state index contributed by atoms with van der Waals surface area (Å²) in [5.41, 5.74) is -0.336. The van der Waals surface area contributed by atoms with E-state index in [1.165, 1.54) is 31.2 Å². The average Bonchev–Trinajstić information content (AvgIpc) is 2.71. The number of rotatable bonds is 6. The van der Waals surface area contributed by atoms with E-state index in [0.717, 1.165) is 25.1 Å². The Bertz CT molecular complexity index is 1600. The van der Waals surface area contributed by atoms with Gasteiger partial charge in [0, 0.05) is 54.5 Å². The van der Waals surface area contributed by atoms with Crippen molar-refractivity contribution in [2.45, 2.75) is 23.6 Å². The van der Waals surface area contributed by atoms with E-state index < -0.39 is 47.4 Å². The quantitative estimate of drug-likeness (QED) is 0.175. The maximum absolute atomic E-state index is 12.0. The van der Waals surface area contributed by atoms with Gasteiger partial charge in [-0.15, -0.1) is 5.11 Å². The Morgan fingerprint density at radius 3 is 1.92 bits per heavy atom. The summed E-state index contributed by atoms with van der Waals surface area (Å²) in [4.78, 5) is 21.1. The molecule has 0 aliphatic rings. The van der Waals surface area contributed by atoms with Crippen LogP contribution in [-0.4, -0.2) is 72.4 Å². The minimum absolute atomic E-state index is 0. The molecule has 0 aromatic heterocycles. The van der Waals surface area contributed by atoms with Crippen molar-refractivity contribution in [3.05, 3.63) is 42.5 Å². The molecule has 2 amide bonds. The average molecular weight is 546 g/mol. The van der Waals surface area contributed by atoms with Crippen LogP contribution < -0.4 is 10.6 Å². The third kappa shape index (κ3) is 6.85. The first-order chi connectivity index (χ1) is 16.2. The smallest absolute Gasteiger partial charge is 0.296 e. The molecule has 0 saturated heterocycles. The fourth-order valence-electron chi connectivity index (χ4n) is 3.11. The third-order valence-electron chi connectivity index (χ3n) is 4.46. The van der Waals surface area contributed by atoms with Crippen LogP contribution in [0.3, 0.4) is 0 Å². The molecule has 36 heavy (non-hydrogen) atoms. The molecule has 0 heterocycles. The molecular formula is C20H18N4NaO9S2. The number of nitrogens with zero attached hydrogens (tertiary/aromatic N) is 2. The summed E-state index contributed by atoms with van der Waals surface area (Å²) in [6, 6.07) is 8.34. The predicted molar refractivity (Wildman–Crippen MR) is 130 cm³/mol. The van der Waals surface area contributed by atoms with Crippen LogP contribution in [-0.2, 0) is 29.8 Å². The van der Waals surface area contributed by atoms with E-state index in [9.17, 15) is 40.6 Å². The van der Waals surface area contributed by atoms with Crippen LogP contribution in [0, 0.1) is 0 Å². The van der Waals surface area contributed by atoms with E-state index in [0.29, 0.717) is 5.69 Å². The van der Waals surface area contributed by atoms with E-state index in [1.807, 2.05) is 0 Å². The van der Waals surface area contributed by atoms with Crippen LogP contribution in [0.15, 0.2) is 62.5 Å². The van der Waals surface area contributed by atoms with Gasteiger partial charge in [0.2, 0.25) is 11.8 Å². The van der Waals surface area contributed by atoms with E-state index in [1.54, 1.807) is 0 Å². The molecular weight excluding hydrogens is 527 g/mol. The molecule has 185 valence electrons. The molecule has 0 bridgehead atoms. The molecule has 0 spiro atoms. The van der Waals surface area contributed by atoms with Crippen molar-refractivity contribution in [3.8, 4) is 5.75 Å². The van der Waals surface area contributed by atoms with Gasteiger partial charge in [-0.3, -0.25) is 18.7 Å². The Balaban J connectivity index is 0.00000456. The number of azo groups is 1. The zero-order valence-corrected chi connectivity index (χ0v) is 22.7. The first-order valence-electron chi connectivity index (χ1n) is 9.52. The van der Waals surface area contributed by atoms with Crippen LogP contribution in [0.4, 0.5) is 22.7 Å². The van der Waals surface area contributed by atoms with Crippen LogP contribution in [0.1, 0.15) is 13.8 Å². The molecule has 0 unspecified atom stereocenters. The monoisotopic (exact) mass is 545 g/mol. The summed E-state index contributed by atoms with van der Waals surface area (Å²) in [7, 11) is -9.81. The topological polar surface area (TPSA) is 212 Å². The second-order valence-corrected chi connectivity index (χ2v) is 10.0. The van der Waals surface area contributed by atoms with Gasteiger partial charge in [0.05, 0.1) is 16.3 Å². The summed E-state index contributed by atoms with van der Waals surface area (Å²) < 4.78 is 66.4. The zero-order valence-electron chi connectivity index (χ0n) is 19.0. The van der Waals surface area contributed by atoms with Crippen LogP contribution in [0.25, 0.3) is 10.8 Å². The number of amides is 2. The van der Waals surface area contributed by atoms with Gasteiger partial charge in [-0.1, -0.05) is 0 Å². The number of phenolic OH excluding ortho intramolecular Hbond substituents is 1. The van der Waals surface area contributed by atoms with Gasteiger partial charge in [-0.25, -0.2) is 0 Å². The van der Waals surface area contributed by atoms with E-state index >= 15 is 0 Å². The van der Waals surface area contributed by atoms with Gasteiger partial charge < -0.3 is 15.7 Å². The normalized spacial score (nSPS) is 11.8. The Labute approximate surface area is 227 Å². The van der Waals surface area contributed by atoms with Gasteiger partial charge in [0.1, 0.15) is 10.6 Å². The van der Waals surface area contributed by atoms with Crippen molar-refractivity contribution in [2.75, 3.05) is 10.6 Å². The van der Waals surface area contributed by atoms with E-state index in [4.69, 9.17) is 0 Å². The molecule has 0 atom stereocenters. The molecule has 0 aliphatic heterocycles. The predicted octanol–water partition coefficient (Wildman–Crippen LogP) is 2.99. The fourth-order valence-corrected chi connectivity index (χ4v) is 4.31. The van der Waals surface area contributed by atoms with Crippen LogP contribution >= 0.6 is 0 Å². The van der Waals surface area contributed by atoms with Crippen molar-refractivity contribution >= 4 is 95.1 Å². The summed E-state index contributed by atoms with van der Waals surface area (Å²) in [5, 5.41) is 22.8. The number of aromatic hydroxyl groups is 1. The Kier molecular flexibility index (Phi) is 8.96. The van der Waals surface area contributed by atoms with Gasteiger partial charge in [-0.05, 0) is 47.9 Å². The molecule has 1 radical (unpaired) electrons. The second kappa shape index (κ2) is 11.0. The SMILES string of the molecule is CC(=O)Nc1ccc(N=Nc2c(S(=O)(=O)O)cc3cc(S(=O)(=O)O)cc(NC(C)=O)c3c2O)cc1.[Na]. The first kappa shape index (κ1) is 29.3. The molecule has 3 rings (SSSR count). The molecule has 0 saturated carbocycles. The molecule has 0 fully saturated rings. The second-order valence-electron chi connectivity index (χ2n) is 7.20. The molecule has 3 aromatic rings. The number of hydrogen-bond donors (Lipinski definition) is 5. The Morgan fingerprint density at radius 1 is 0.833 bits per heavy atom. The molecule has 13 nitrogen and oxygen atoms in total. The number of anilines is 2. The maximum Gasteiger partial charge on any atom is 0.296 e. The van der Waals surface area contributed by atoms with E-state index in [-0.39, 0.29) is 57.6 Å². The summed E-state index contributed by atoms with van der Waals surface area (Å²) >= 11 is 0. The standard InChI is InChI=1S/C20H18N4O9S2.Na/c1-10(25)21-13-3-5-14(6-4-13)23-24-19-17(35(31,32)33)8-12-7-15(34(28,29)30)9-16(22-11(2)26)18(12)20(19)27;/h3-9,27H,1-2H3,(H,21,25)(H,22,26)(H,28,29,30)(H,31,32,33);. The molecule has 5 N–H and O–H groups in total. The summed E-state index contributed by atoms with van der Waals surface area (Å²) in [5.74, 6) is -1.82. The maximum atomic E-state index is 12.0. The van der Waals surface area contributed by atoms with Gasteiger partial charge in [0.15, 0.2) is 5.75 Å². The number of hydrogen-bond acceptors (Lipinski definition) is 9. The number of carbonyl (C=O) groups excluding carboxylic acids is 2. The minimum Gasteiger partial charge on any atom is -0.505 e. The van der Waals surface area contributed by atoms with Gasteiger partial charge in [-0.2, -0.15) is 21.9 Å². The van der Waals surface area contributed by atoms with Crippen molar-refractivity contribution < 1.29 is 40.6 Å². The van der Waals surface area contributed by atoms with Crippen molar-refractivity contribution in [1.82, 2.24) is 0 Å². The summed E-state index contributed by atoms with van der Waals surface area (Å²) in [6.07, 6.45) is 0. The number of fused-ring (bicyclic) bond motifs is 1. The zero-order chi connectivity index (χ0) is 26.1. The number of benzene rings is 3.